The zero-order valence-electron chi connectivity index (χ0n) is 8.91. The van der Waals surface area contributed by atoms with Crippen LogP contribution in [0.1, 0.15) is 26.6 Å². The van der Waals surface area contributed by atoms with Crippen molar-refractivity contribution in [2.24, 2.45) is 0 Å². The summed E-state index contributed by atoms with van der Waals surface area (Å²) < 4.78 is 5.33. The average Bonchev–Trinajstić information content (AvgIpc) is 2.60. The van der Waals surface area contributed by atoms with Crippen LogP contribution >= 0.6 is 23.3 Å². The molecule has 0 bridgehead atoms. The molecule has 0 atom stereocenters. The maximum atomic E-state index is 4.39. The van der Waals surface area contributed by atoms with Gasteiger partial charge in [-0.25, -0.2) is 4.98 Å². The lowest BCUT2D eigenvalue weighted by Crippen LogP contribution is -2.24. The summed E-state index contributed by atoms with van der Waals surface area (Å²) in [7, 11) is 0. The molecule has 0 aromatic carbocycles. The van der Waals surface area contributed by atoms with Crippen molar-refractivity contribution in [3.63, 3.8) is 0 Å². The van der Waals surface area contributed by atoms with Gasteiger partial charge >= 0.3 is 0 Å². The summed E-state index contributed by atoms with van der Waals surface area (Å²) in [6.07, 6.45) is 0.932. The van der Waals surface area contributed by atoms with Crippen LogP contribution in [0, 0.1) is 0 Å². The molecule has 0 aliphatic heterocycles. The third kappa shape index (κ3) is 4.39. The van der Waals surface area contributed by atoms with Gasteiger partial charge in [0.05, 0.1) is 0 Å². The Morgan fingerprint density at radius 1 is 1.50 bits per heavy atom. The van der Waals surface area contributed by atoms with Gasteiger partial charge in [0.1, 0.15) is 5.82 Å². The first kappa shape index (κ1) is 11.9. The Bertz CT molecular complexity index is 260. The van der Waals surface area contributed by atoms with Crippen LogP contribution in [0.4, 0.5) is 0 Å². The monoisotopic (exact) mass is 231 g/mol. The van der Waals surface area contributed by atoms with Crippen molar-refractivity contribution in [2.75, 3.05) is 12.3 Å². The number of aryl methyl sites for hydroxylation is 1. The molecule has 0 spiro atoms. The smallest absolute Gasteiger partial charge is 0.170 e. The van der Waals surface area contributed by atoms with Crippen molar-refractivity contribution in [1.82, 2.24) is 14.7 Å². The summed E-state index contributed by atoms with van der Waals surface area (Å²) in [6.45, 7) is 7.43. The molecule has 0 radical (unpaired) electrons. The number of nitrogens with one attached hydrogen (secondary N) is 1. The van der Waals surface area contributed by atoms with E-state index in [2.05, 4.69) is 35.4 Å². The standard InChI is InChI=1S/C9H17N3S2/c1-4-8-11-9(14-12-8)13-6-5-10-7(2)3/h7,10H,4-6H2,1-3H3. The third-order valence-electron chi connectivity index (χ3n) is 1.65. The van der Waals surface area contributed by atoms with Crippen molar-refractivity contribution in [1.29, 1.82) is 0 Å². The number of hydrogen-bond acceptors (Lipinski definition) is 5. The lowest BCUT2D eigenvalue weighted by Gasteiger charge is -2.05. The van der Waals surface area contributed by atoms with Crippen molar-refractivity contribution in [3.05, 3.63) is 5.82 Å². The Morgan fingerprint density at radius 2 is 2.29 bits per heavy atom. The molecular weight excluding hydrogens is 214 g/mol. The molecule has 0 fully saturated rings. The highest BCUT2D eigenvalue weighted by atomic mass is 32.2. The van der Waals surface area contributed by atoms with Gasteiger partial charge in [0.25, 0.3) is 0 Å². The van der Waals surface area contributed by atoms with Gasteiger partial charge in [-0.3, -0.25) is 0 Å². The number of thioether (sulfide) groups is 1. The van der Waals surface area contributed by atoms with Crippen molar-refractivity contribution in [3.8, 4) is 0 Å². The van der Waals surface area contributed by atoms with Gasteiger partial charge < -0.3 is 5.32 Å². The molecular formula is C9H17N3S2. The van der Waals surface area contributed by atoms with E-state index in [4.69, 9.17) is 0 Å². The minimum absolute atomic E-state index is 0.566. The maximum Gasteiger partial charge on any atom is 0.170 e. The quantitative estimate of drug-likeness (QED) is 0.601. The van der Waals surface area contributed by atoms with E-state index in [1.807, 2.05) is 0 Å². The van der Waals surface area contributed by atoms with Gasteiger partial charge in [0.2, 0.25) is 0 Å². The minimum atomic E-state index is 0.566. The summed E-state index contributed by atoms with van der Waals surface area (Å²) >= 11 is 3.29. The van der Waals surface area contributed by atoms with E-state index >= 15 is 0 Å². The molecule has 1 rings (SSSR count). The molecule has 0 aliphatic rings. The topological polar surface area (TPSA) is 37.8 Å². The zero-order chi connectivity index (χ0) is 10.4. The molecule has 5 heteroatoms. The highest BCUT2D eigenvalue weighted by Gasteiger charge is 2.02. The Hall–Kier alpha value is -0.130. The molecule has 80 valence electrons. The van der Waals surface area contributed by atoms with E-state index in [0.29, 0.717) is 6.04 Å². The fraction of sp³-hybridized carbons (Fsp3) is 0.778. The third-order valence-corrected chi connectivity index (χ3v) is 3.52. The van der Waals surface area contributed by atoms with Crippen LogP contribution in [0.2, 0.25) is 0 Å². The van der Waals surface area contributed by atoms with Gasteiger partial charge in [-0.1, -0.05) is 32.5 Å². The van der Waals surface area contributed by atoms with E-state index in [1.165, 1.54) is 11.5 Å². The van der Waals surface area contributed by atoms with E-state index in [0.717, 1.165) is 28.9 Å². The molecule has 1 aromatic rings. The van der Waals surface area contributed by atoms with E-state index in [-0.39, 0.29) is 0 Å². The second-order valence-corrected chi connectivity index (χ2v) is 5.38. The first-order valence-corrected chi connectivity index (χ1v) is 6.67. The highest BCUT2D eigenvalue weighted by molar-refractivity contribution is 8.00. The predicted octanol–water partition coefficient (Wildman–Crippen LogP) is 2.19. The zero-order valence-corrected chi connectivity index (χ0v) is 10.5. The molecule has 0 saturated carbocycles. The first-order valence-electron chi connectivity index (χ1n) is 4.91. The maximum absolute atomic E-state index is 4.39. The van der Waals surface area contributed by atoms with E-state index in [9.17, 15) is 0 Å². The second kappa shape index (κ2) is 6.37. The Morgan fingerprint density at radius 3 is 2.86 bits per heavy atom. The summed E-state index contributed by atoms with van der Waals surface area (Å²) in [6, 6.07) is 0.566. The largest absolute Gasteiger partial charge is 0.314 e. The SMILES string of the molecule is CCc1nsc(SCCNC(C)C)n1. The van der Waals surface area contributed by atoms with Gasteiger partial charge in [-0.15, -0.1) is 0 Å². The molecule has 1 aromatic heterocycles. The normalized spacial score (nSPS) is 11.1. The van der Waals surface area contributed by atoms with Crippen LogP contribution in [0.25, 0.3) is 0 Å². The van der Waals surface area contributed by atoms with Gasteiger partial charge in [-0.2, -0.15) is 4.37 Å². The molecule has 0 saturated heterocycles. The Kier molecular flexibility index (Phi) is 5.44. The van der Waals surface area contributed by atoms with Crippen LogP contribution in [0.3, 0.4) is 0 Å². The lowest BCUT2D eigenvalue weighted by molar-refractivity contribution is 0.616. The van der Waals surface area contributed by atoms with Gasteiger partial charge in [-0.05, 0) is 11.5 Å². The molecule has 14 heavy (non-hydrogen) atoms. The molecule has 1 N–H and O–H groups in total. The molecule has 0 amide bonds. The minimum Gasteiger partial charge on any atom is -0.314 e. The van der Waals surface area contributed by atoms with Crippen molar-refractivity contribution < 1.29 is 0 Å². The van der Waals surface area contributed by atoms with Crippen LogP contribution in [0.15, 0.2) is 4.34 Å². The highest BCUT2D eigenvalue weighted by Crippen LogP contribution is 2.19. The number of aromatic nitrogens is 2. The van der Waals surface area contributed by atoms with E-state index in [1.54, 1.807) is 11.8 Å². The summed E-state index contributed by atoms with van der Waals surface area (Å²) in [5, 5.41) is 3.37. The average molecular weight is 231 g/mol. The van der Waals surface area contributed by atoms with Crippen molar-refractivity contribution >= 4 is 23.3 Å². The van der Waals surface area contributed by atoms with Crippen LogP contribution < -0.4 is 5.32 Å². The fourth-order valence-electron chi connectivity index (χ4n) is 0.926. The molecule has 0 unspecified atom stereocenters. The van der Waals surface area contributed by atoms with Crippen LogP contribution in [-0.2, 0) is 6.42 Å². The van der Waals surface area contributed by atoms with Crippen molar-refractivity contribution in [2.45, 2.75) is 37.6 Å². The molecule has 1 heterocycles. The van der Waals surface area contributed by atoms with Gasteiger partial charge in [0, 0.05) is 24.8 Å². The number of rotatable bonds is 6. The summed E-state index contributed by atoms with van der Waals surface area (Å²) in [5.41, 5.74) is 0. The lowest BCUT2D eigenvalue weighted by atomic mass is 10.4. The van der Waals surface area contributed by atoms with Crippen LogP contribution in [-0.4, -0.2) is 27.7 Å². The molecule has 3 nitrogen and oxygen atoms in total. The Labute approximate surface area is 93.9 Å². The summed E-state index contributed by atoms with van der Waals surface area (Å²) in [4.78, 5) is 4.39. The molecule has 0 aliphatic carbocycles. The number of nitrogens with zero attached hydrogens (tertiary/aromatic N) is 2. The fourth-order valence-corrected chi connectivity index (χ4v) is 2.56. The first-order chi connectivity index (χ1) is 6.72. The second-order valence-electron chi connectivity index (χ2n) is 3.29. The predicted molar refractivity (Wildman–Crippen MR) is 63.1 cm³/mol. The Balaban J connectivity index is 2.18. The van der Waals surface area contributed by atoms with Gasteiger partial charge in [0.15, 0.2) is 4.34 Å². The van der Waals surface area contributed by atoms with E-state index < -0.39 is 0 Å². The van der Waals surface area contributed by atoms with Crippen LogP contribution in [0.5, 0.6) is 0 Å². The summed E-state index contributed by atoms with van der Waals surface area (Å²) in [5.74, 6) is 2.03. The number of hydrogen-bond donors (Lipinski definition) is 1.